The summed E-state index contributed by atoms with van der Waals surface area (Å²) in [5.74, 6) is 0. The maximum absolute atomic E-state index is 9.35. The summed E-state index contributed by atoms with van der Waals surface area (Å²) in [7, 11) is 0. The lowest BCUT2D eigenvalue weighted by Crippen LogP contribution is -1.81. The van der Waals surface area contributed by atoms with Crippen LogP contribution in [0.1, 0.15) is 5.56 Å². The molecule has 2 aromatic carbocycles. The van der Waals surface area contributed by atoms with Crippen LogP contribution in [0.15, 0.2) is 53.0 Å². The number of H-pyrrole nitrogens is 1. The Morgan fingerprint density at radius 1 is 1.06 bits per heavy atom. The van der Waals surface area contributed by atoms with Crippen LogP contribution in [0, 0.1) is 11.3 Å². The number of rotatable bonds is 1. The molecule has 0 aliphatic rings. The lowest BCUT2D eigenvalue weighted by Gasteiger charge is -1.99. The molecule has 3 heteroatoms. The Labute approximate surface area is 113 Å². The quantitative estimate of drug-likeness (QED) is 0.707. The molecule has 0 atom stereocenters. The number of aromatic nitrogens is 1. The average Bonchev–Trinajstić information content (AvgIpc) is 2.77. The minimum absolute atomic E-state index is 0.698. The van der Waals surface area contributed by atoms with Gasteiger partial charge < -0.3 is 4.98 Å². The van der Waals surface area contributed by atoms with Gasteiger partial charge in [-0.1, -0.05) is 46.3 Å². The summed E-state index contributed by atoms with van der Waals surface area (Å²) < 4.78 is 1.00. The topological polar surface area (TPSA) is 39.6 Å². The van der Waals surface area contributed by atoms with Gasteiger partial charge in [0.2, 0.25) is 0 Å². The Hall–Kier alpha value is -2.05. The van der Waals surface area contributed by atoms with Gasteiger partial charge in [0.15, 0.2) is 0 Å². The molecule has 0 fully saturated rings. The Morgan fingerprint density at radius 2 is 1.89 bits per heavy atom. The summed E-state index contributed by atoms with van der Waals surface area (Å²) in [6, 6.07) is 18.1. The summed E-state index contributed by atoms with van der Waals surface area (Å²) in [4.78, 5) is 3.32. The highest BCUT2D eigenvalue weighted by molar-refractivity contribution is 9.10. The molecule has 18 heavy (non-hydrogen) atoms. The van der Waals surface area contributed by atoms with Gasteiger partial charge in [-0.15, -0.1) is 0 Å². The van der Waals surface area contributed by atoms with Crippen molar-refractivity contribution in [2.24, 2.45) is 0 Å². The first-order chi connectivity index (χ1) is 8.79. The van der Waals surface area contributed by atoms with E-state index in [0.717, 1.165) is 26.6 Å². The molecule has 0 bridgehead atoms. The summed E-state index contributed by atoms with van der Waals surface area (Å²) in [5.41, 5.74) is 3.57. The number of halogens is 1. The molecular weight excluding hydrogens is 288 g/mol. The zero-order valence-corrected chi connectivity index (χ0v) is 11.0. The van der Waals surface area contributed by atoms with E-state index in [1.165, 1.54) is 0 Å². The van der Waals surface area contributed by atoms with Crippen molar-refractivity contribution in [2.75, 3.05) is 0 Å². The maximum atomic E-state index is 9.35. The number of para-hydroxylation sites is 1. The van der Waals surface area contributed by atoms with Crippen molar-refractivity contribution >= 4 is 26.8 Å². The molecule has 3 rings (SSSR count). The van der Waals surface area contributed by atoms with Crippen molar-refractivity contribution in [3.05, 3.63) is 58.6 Å². The number of nitriles is 1. The van der Waals surface area contributed by atoms with Crippen LogP contribution < -0.4 is 0 Å². The highest BCUT2D eigenvalue weighted by atomic mass is 79.9. The molecule has 0 aliphatic heterocycles. The smallest absolute Gasteiger partial charge is 0.102 e. The summed E-state index contributed by atoms with van der Waals surface area (Å²) in [6.45, 7) is 0. The largest absolute Gasteiger partial charge is 0.353 e. The van der Waals surface area contributed by atoms with E-state index < -0.39 is 0 Å². The van der Waals surface area contributed by atoms with Crippen LogP contribution in [-0.2, 0) is 0 Å². The van der Waals surface area contributed by atoms with E-state index in [0.29, 0.717) is 5.56 Å². The number of hydrogen-bond donors (Lipinski definition) is 1. The van der Waals surface area contributed by atoms with Crippen molar-refractivity contribution < 1.29 is 0 Å². The van der Waals surface area contributed by atoms with Gasteiger partial charge in [0.1, 0.15) is 6.07 Å². The Balaban J connectivity index is 2.33. The van der Waals surface area contributed by atoms with Crippen LogP contribution in [0.3, 0.4) is 0 Å². The fourth-order valence-corrected chi connectivity index (χ4v) is 2.52. The first-order valence-electron chi connectivity index (χ1n) is 5.56. The van der Waals surface area contributed by atoms with E-state index in [-0.39, 0.29) is 0 Å². The van der Waals surface area contributed by atoms with E-state index in [4.69, 9.17) is 0 Å². The second-order valence-corrected chi connectivity index (χ2v) is 4.96. The first kappa shape index (κ1) is 11.1. The molecule has 0 spiro atoms. The third-order valence-corrected chi connectivity index (χ3v) is 3.42. The molecule has 0 amide bonds. The minimum atomic E-state index is 0.698. The van der Waals surface area contributed by atoms with Crippen LogP contribution in [0.4, 0.5) is 0 Å². The van der Waals surface area contributed by atoms with Crippen molar-refractivity contribution in [3.8, 4) is 17.3 Å². The lowest BCUT2D eigenvalue weighted by atomic mass is 10.1. The van der Waals surface area contributed by atoms with Gasteiger partial charge in [-0.2, -0.15) is 5.26 Å². The molecule has 0 saturated heterocycles. The van der Waals surface area contributed by atoms with E-state index >= 15 is 0 Å². The van der Waals surface area contributed by atoms with Crippen LogP contribution >= 0.6 is 15.9 Å². The van der Waals surface area contributed by atoms with Crippen molar-refractivity contribution in [1.82, 2.24) is 4.98 Å². The molecule has 1 aromatic heterocycles. The molecule has 0 aliphatic carbocycles. The zero-order chi connectivity index (χ0) is 12.5. The molecule has 0 unspecified atom stereocenters. The fourth-order valence-electron chi connectivity index (χ4n) is 2.12. The highest BCUT2D eigenvalue weighted by Gasteiger charge is 2.12. The maximum Gasteiger partial charge on any atom is 0.102 e. The van der Waals surface area contributed by atoms with Gasteiger partial charge >= 0.3 is 0 Å². The molecule has 2 nitrogen and oxygen atoms in total. The fraction of sp³-hybridized carbons (Fsp3) is 0. The summed E-state index contributed by atoms with van der Waals surface area (Å²) in [6.07, 6.45) is 0. The third kappa shape index (κ3) is 1.71. The van der Waals surface area contributed by atoms with Crippen molar-refractivity contribution in [2.45, 2.75) is 0 Å². The molecule has 0 radical (unpaired) electrons. The summed E-state index contributed by atoms with van der Waals surface area (Å²) >= 11 is 3.45. The molecule has 0 saturated carbocycles. The zero-order valence-electron chi connectivity index (χ0n) is 9.44. The van der Waals surface area contributed by atoms with Gasteiger partial charge in [0, 0.05) is 20.9 Å². The second kappa shape index (κ2) is 4.32. The number of aromatic amines is 1. The van der Waals surface area contributed by atoms with Gasteiger partial charge in [0.25, 0.3) is 0 Å². The number of fused-ring (bicyclic) bond motifs is 1. The second-order valence-electron chi connectivity index (χ2n) is 4.04. The van der Waals surface area contributed by atoms with E-state index in [2.05, 4.69) is 27.0 Å². The highest BCUT2D eigenvalue weighted by Crippen LogP contribution is 2.30. The van der Waals surface area contributed by atoms with Crippen molar-refractivity contribution in [1.29, 1.82) is 5.26 Å². The van der Waals surface area contributed by atoms with E-state index in [1.54, 1.807) is 0 Å². The predicted molar refractivity (Wildman–Crippen MR) is 76.1 cm³/mol. The minimum Gasteiger partial charge on any atom is -0.353 e. The normalized spacial score (nSPS) is 10.4. The number of nitrogens with zero attached hydrogens (tertiary/aromatic N) is 1. The van der Waals surface area contributed by atoms with Gasteiger partial charge in [-0.25, -0.2) is 0 Å². The van der Waals surface area contributed by atoms with Gasteiger partial charge in [-0.05, 0) is 18.2 Å². The van der Waals surface area contributed by atoms with Gasteiger partial charge in [0.05, 0.1) is 11.3 Å². The molecular formula is C15H9BrN2. The number of benzene rings is 2. The van der Waals surface area contributed by atoms with Crippen LogP contribution in [-0.4, -0.2) is 4.98 Å². The number of hydrogen-bond acceptors (Lipinski definition) is 1. The van der Waals surface area contributed by atoms with Crippen molar-refractivity contribution in [3.63, 3.8) is 0 Å². The van der Waals surface area contributed by atoms with Crippen LogP contribution in [0.2, 0.25) is 0 Å². The SMILES string of the molecule is N#Cc1c(-c2cccc(Br)c2)[nH]c2ccccc12. The third-order valence-electron chi connectivity index (χ3n) is 2.93. The average molecular weight is 297 g/mol. The predicted octanol–water partition coefficient (Wildman–Crippen LogP) is 4.47. The van der Waals surface area contributed by atoms with Crippen LogP contribution in [0.25, 0.3) is 22.2 Å². The molecule has 1 heterocycles. The van der Waals surface area contributed by atoms with E-state index in [1.807, 2.05) is 48.5 Å². The summed E-state index contributed by atoms with van der Waals surface area (Å²) in [5, 5.41) is 10.3. The lowest BCUT2D eigenvalue weighted by molar-refractivity contribution is 1.42. The number of nitrogens with one attached hydrogen (secondary N) is 1. The molecule has 3 aromatic rings. The van der Waals surface area contributed by atoms with Gasteiger partial charge in [-0.3, -0.25) is 0 Å². The molecule has 86 valence electrons. The monoisotopic (exact) mass is 296 g/mol. The van der Waals surface area contributed by atoms with E-state index in [9.17, 15) is 5.26 Å². The standard InChI is InChI=1S/C15H9BrN2/c16-11-5-3-4-10(8-11)15-13(9-17)12-6-1-2-7-14(12)18-15/h1-8,18H. The first-order valence-corrected chi connectivity index (χ1v) is 6.35. The van der Waals surface area contributed by atoms with Crippen LogP contribution in [0.5, 0.6) is 0 Å². The Bertz CT molecular complexity index is 766. The Morgan fingerprint density at radius 3 is 2.67 bits per heavy atom. The molecule has 1 N–H and O–H groups in total. The Kier molecular flexibility index (Phi) is 2.66.